The lowest BCUT2D eigenvalue weighted by Gasteiger charge is -2.31. The van der Waals surface area contributed by atoms with E-state index in [1.807, 2.05) is 0 Å². The highest BCUT2D eigenvalue weighted by Crippen LogP contribution is 2.24. The third-order valence-electron chi connectivity index (χ3n) is 4.02. The molecular formula is C15H18FN3O3S2. The molecule has 9 heteroatoms. The zero-order valence-corrected chi connectivity index (χ0v) is 14.6. The molecule has 0 aliphatic carbocycles. The van der Waals surface area contributed by atoms with E-state index in [0.29, 0.717) is 31.1 Å². The highest BCUT2D eigenvalue weighted by Gasteiger charge is 2.33. The number of sulfonamides is 1. The van der Waals surface area contributed by atoms with Crippen LogP contribution in [0.4, 0.5) is 4.39 Å². The number of aliphatic imine (C=N–C) groups is 1. The van der Waals surface area contributed by atoms with E-state index in [1.165, 1.54) is 28.2 Å². The van der Waals surface area contributed by atoms with Crippen LogP contribution in [0.1, 0.15) is 12.8 Å². The molecule has 1 aromatic rings. The SMILES string of the molecule is O=C(NC1=NCCS1)C1CCCN(S(=O)(=O)c2ccc(F)cc2)C1. The summed E-state index contributed by atoms with van der Waals surface area (Å²) in [7, 11) is -3.72. The van der Waals surface area contributed by atoms with Gasteiger partial charge in [0, 0.05) is 18.8 Å². The second kappa shape index (κ2) is 7.20. The fourth-order valence-electron chi connectivity index (χ4n) is 2.75. The van der Waals surface area contributed by atoms with Crippen LogP contribution in [-0.4, -0.2) is 49.2 Å². The highest BCUT2D eigenvalue weighted by atomic mass is 32.2. The van der Waals surface area contributed by atoms with E-state index < -0.39 is 21.8 Å². The smallest absolute Gasteiger partial charge is 0.243 e. The summed E-state index contributed by atoms with van der Waals surface area (Å²) in [6.07, 6.45) is 1.25. The van der Waals surface area contributed by atoms with Crippen LogP contribution >= 0.6 is 11.8 Å². The van der Waals surface area contributed by atoms with Crippen LogP contribution in [0.5, 0.6) is 0 Å². The van der Waals surface area contributed by atoms with Gasteiger partial charge < -0.3 is 5.32 Å². The third-order valence-corrected chi connectivity index (χ3v) is 6.79. The molecule has 1 saturated heterocycles. The average molecular weight is 371 g/mol. The lowest BCUT2D eigenvalue weighted by molar-refractivity contribution is -0.124. The normalized spacial score (nSPS) is 22.2. The van der Waals surface area contributed by atoms with E-state index in [9.17, 15) is 17.6 Å². The Kier molecular flexibility index (Phi) is 5.21. The first-order chi connectivity index (χ1) is 11.5. The quantitative estimate of drug-likeness (QED) is 0.872. The van der Waals surface area contributed by atoms with E-state index in [-0.39, 0.29) is 17.3 Å². The van der Waals surface area contributed by atoms with Crippen molar-refractivity contribution in [3.8, 4) is 0 Å². The molecule has 0 aromatic heterocycles. The monoisotopic (exact) mass is 371 g/mol. The molecule has 1 N–H and O–H groups in total. The number of rotatable bonds is 3. The molecule has 0 bridgehead atoms. The molecule has 1 aromatic carbocycles. The van der Waals surface area contributed by atoms with E-state index in [0.717, 1.165) is 17.9 Å². The summed E-state index contributed by atoms with van der Waals surface area (Å²) in [5, 5.41) is 3.38. The Labute approximate surface area is 144 Å². The lowest BCUT2D eigenvalue weighted by Crippen LogP contribution is -2.46. The first-order valence-corrected chi connectivity index (χ1v) is 10.1. The van der Waals surface area contributed by atoms with Gasteiger partial charge in [0.2, 0.25) is 15.9 Å². The maximum absolute atomic E-state index is 13.0. The molecule has 130 valence electrons. The van der Waals surface area contributed by atoms with Crippen LogP contribution < -0.4 is 5.32 Å². The van der Waals surface area contributed by atoms with Crippen LogP contribution in [0, 0.1) is 11.7 Å². The molecule has 0 saturated carbocycles. The number of nitrogens with zero attached hydrogens (tertiary/aromatic N) is 2. The molecule has 1 unspecified atom stereocenters. The Morgan fingerprint density at radius 1 is 1.33 bits per heavy atom. The van der Waals surface area contributed by atoms with Crippen LogP contribution in [-0.2, 0) is 14.8 Å². The second-order valence-electron chi connectivity index (χ2n) is 5.68. The van der Waals surface area contributed by atoms with Crippen molar-refractivity contribution in [3.63, 3.8) is 0 Å². The number of hydrogen-bond acceptors (Lipinski definition) is 5. The zero-order valence-electron chi connectivity index (χ0n) is 12.9. The number of carbonyl (C=O) groups excluding carboxylic acids is 1. The number of piperidine rings is 1. The van der Waals surface area contributed by atoms with Crippen LogP contribution in [0.2, 0.25) is 0 Å². The van der Waals surface area contributed by atoms with E-state index in [2.05, 4.69) is 10.3 Å². The number of carbonyl (C=O) groups is 1. The maximum Gasteiger partial charge on any atom is 0.243 e. The van der Waals surface area contributed by atoms with Gasteiger partial charge in [-0.3, -0.25) is 9.79 Å². The first kappa shape index (κ1) is 17.4. The minimum absolute atomic E-state index is 0.0423. The predicted octanol–water partition coefficient (Wildman–Crippen LogP) is 1.45. The van der Waals surface area contributed by atoms with Crippen LogP contribution in [0.3, 0.4) is 0 Å². The van der Waals surface area contributed by atoms with Crippen LogP contribution in [0.15, 0.2) is 34.2 Å². The summed E-state index contributed by atoms with van der Waals surface area (Å²) in [6.45, 7) is 1.18. The molecule has 0 radical (unpaired) electrons. The molecule has 1 fully saturated rings. The molecule has 2 aliphatic heterocycles. The maximum atomic E-state index is 13.0. The van der Waals surface area contributed by atoms with Crippen molar-refractivity contribution in [2.45, 2.75) is 17.7 Å². The van der Waals surface area contributed by atoms with Gasteiger partial charge >= 0.3 is 0 Å². The Morgan fingerprint density at radius 3 is 2.75 bits per heavy atom. The first-order valence-electron chi connectivity index (χ1n) is 7.70. The predicted molar refractivity (Wildman–Crippen MR) is 90.8 cm³/mol. The Hall–Kier alpha value is -1.45. The van der Waals surface area contributed by atoms with Crippen molar-refractivity contribution in [1.82, 2.24) is 9.62 Å². The number of benzene rings is 1. The van der Waals surface area contributed by atoms with Gasteiger partial charge in [-0.05, 0) is 37.1 Å². The molecule has 6 nitrogen and oxygen atoms in total. The van der Waals surface area contributed by atoms with Gasteiger partial charge in [-0.1, -0.05) is 11.8 Å². The molecule has 3 rings (SSSR count). The average Bonchev–Trinajstić information content (AvgIpc) is 3.08. The van der Waals surface area contributed by atoms with Gasteiger partial charge in [0.1, 0.15) is 5.82 Å². The summed E-state index contributed by atoms with van der Waals surface area (Å²) < 4.78 is 39.6. The summed E-state index contributed by atoms with van der Waals surface area (Å²) in [4.78, 5) is 16.5. The molecular weight excluding hydrogens is 353 g/mol. The van der Waals surface area contributed by atoms with Crippen molar-refractivity contribution in [1.29, 1.82) is 0 Å². The summed E-state index contributed by atoms with van der Waals surface area (Å²) >= 11 is 1.49. The fraction of sp³-hybridized carbons (Fsp3) is 0.467. The topological polar surface area (TPSA) is 78.8 Å². The van der Waals surface area contributed by atoms with Gasteiger partial charge in [-0.15, -0.1) is 0 Å². The van der Waals surface area contributed by atoms with E-state index in [4.69, 9.17) is 0 Å². The largest absolute Gasteiger partial charge is 0.305 e. The van der Waals surface area contributed by atoms with Crippen molar-refractivity contribution in [2.75, 3.05) is 25.4 Å². The number of amidine groups is 1. The van der Waals surface area contributed by atoms with E-state index >= 15 is 0 Å². The molecule has 24 heavy (non-hydrogen) atoms. The Balaban J connectivity index is 1.70. The zero-order chi connectivity index (χ0) is 17.2. The third kappa shape index (κ3) is 3.79. The van der Waals surface area contributed by atoms with Crippen LogP contribution in [0.25, 0.3) is 0 Å². The minimum Gasteiger partial charge on any atom is -0.305 e. The molecule has 1 atom stereocenters. The van der Waals surface area contributed by atoms with Gasteiger partial charge in [0.25, 0.3) is 0 Å². The molecule has 1 amide bonds. The van der Waals surface area contributed by atoms with Gasteiger partial charge in [0.15, 0.2) is 5.17 Å². The minimum atomic E-state index is -3.72. The summed E-state index contributed by atoms with van der Waals surface area (Å²) in [5.41, 5.74) is 0. The van der Waals surface area contributed by atoms with Crippen molar-refractivity contribution in [3.05, 3.63) is 30.1 Å². The van der Waals surface area contributed by atoms with E-state index in [1.54, 1.807) is 0 Å². The number of thioether (sulfide) groups is 1. The number of nitrogens with one attached hydrogen (secondary N) is 1. The highest BCUT2D eigenvalue weighted by molar-refractivity contribution is 8.14. The van der Waals surface area contributed by atoms with Crippen molar-refractivity contribution >= 4 is 32.9 Å². The van der Waals surface area contributed by atoms with Gasteiger partial charge in [0.05, 0.1) is 17.4 Å². The van der Waals surface area contributed by atoms with Gasteiger partial charge in [-0.2, -0.15) is 4.31 Å². The number of hydrogen-bond donors (Lipinski definition) is 1. The number of halogens is 1. The summed E-state index contributed by atoms with van der Waals surface area (Å²) in [5.74, 6) is -0.231. The lowest BCUT2D eigenvalue weighted by atomic mass is 9.99. The number of amides is 1. The second-order valence-corrected chi connectivity index (χ2v) is 8.70. The Bertz CT molecular complexity index is 750. The fourth-order valence-corrected chi connectivity index (χ4v) is 5.00. The molecule has 2 heterocycles. The van der Waals surface area contributed by atoms with Gasteiger partial charge in [-0.25, -0.2) is 12.8 Å². The Morgan fingerprint density at radius 2 is 2.08 bits per heavy atom. The standard InChI is InChI=1S/C15H18FN3O3S2/c16-12-3-5-13(6-4-12)24(21,22)19-8-1-2-11(10-19)14(20)18-15-17-7-9-23-15/h3-6,11H,1-2,7-10H2,(H,17,18,20). The van der Waals surface area contributed by atoms with Crippen molar-refractivity contribution in [2.24, 2.45) is 10.9 Å². The van der Waals surface area contributed by atoms with Crippen molar-refractivity contribution < 1.29 is 17.6 Å². The summed E-state index contributed by atoms with van der Waals surface area (Å²) in [6, 6.07) is 4.74. The molecule has 2 aliphatic rings. The molecule has 0 spiro atoms.